The van der Waals surface area contributed by atoms with Gasteiger partial charge in [0.1, 0.15) is 0 Å². The Bertz CT molecular complexity index is 963. The molecule has 3 aromatic carbocycles. The number of halogens is 1. The molecule has 0 aliphatic rings. The van der Waals surface area contributed by atoms with E-state index in [1.54, 1.807) is 0 Å². The van der Waals surface area contributed by atoms with Gasteiger partial charge in [0.05, 0.1) is 5.52 Å². The molecule has 23 heavy (non-hydrogen) atoms. The van der Waals surface area contributed by atoms with Crippen molar-refractivity contribution in [3.63, 3.8) is 0 Å². The summed E-state index contributed by atoms with van der Waals surface area (Å²) in [5.41, 5.74) is 5.77. The first-order valence-corrected chi connectivity index (χ1v) is 8.31. The molecule has 0 radical (unpaired) electrons. The molecule has 0 unspecified atom stereocenters. The summed E-state index contributed by atoms with van der Waals surface area (Å²) in [5.74, 6) is 0. The summed E-state index contributed by atoms with van der Waals surface area (Å²) >= 11 is 3.59. The average molecular weight is 360 g/mol. The van der Waals surface area contributed by atoms with E-state index in [0.717, 1.165) is 20.9 Å². The summed E-state index contributed by atoms with van der Waals surface area (Å²) in [6, 6.07) is 27.2. The smallest absolute Gasteiger partial charge is 0.0709 e. The highest BCUT2D eigenvalue weighted by Crippen LogP contribution is 2.37. The van der Waals surface area contributed by atoms with Crippen LogP contribution in [0.1, 0.15) is 0 Å². The number of nitrogens with zero attached hydrogens (tertiary/aromatic N) is 1. The zero-order valence-electron chi connectivity index (χ0n) is 12.4. The van der Waals surface area contributed by atoms with Crippen molar-refractivity contribution in [3.8, 4) is 22.3 Å². The Morgan fingerprint density at radius 2 is 1.35 bits per heavy atom. The topological polar surface area (TPSA) is 12.9 Å². The maximum absolute atomic E-state index is 4.66. The first-order chi connectivity index (χ1) is 11.3. The molecule has 1 heterocycles. The molecule has 110 valence electrons. The van der Waals surface area contributed by atoms with Crippen LogP contribution in [0.15, 0.2) is 89.5 Å². The van der Waals surface area contributed by atoms with Crippen molar-refractivity contribution in [1.82, 2.24) is 4.98 Å². The van der Waals surface area contributed by atoms with Crippen molar-refractivity contribution < 1.29 is 0 Å². The minimum atomic E-state index is 1.01. The lowest BCUT2D eigenvalue weighted by atomic mass is 9.93. The van der Waals surface area contributed by atoms with Gasteiger partial charge < -0.3 is 0 Å². The summed E-state index contributed by atoms with van der Waals surface area (Å²) in [4.78, 5) is 4.66. The van der Waals surface area contributed by atoms with Gasteiger partial charge in [0.25, 0.3) is 0 Å². The second-order valence-electron chi connectivity index (χ2n) is 5.44. The van der Waals surface area contributed by atoms with Gasteiger partial charge in [-0.15, -0.1) is 0 Å². The van der Waals surface area contributed by atoms with Gasteiger partial charge in [0.15, 0.2) is 0 Å². The molecule has 0 aliphatic heterocycles. The van der Waals surface area contributed by atoms with E-state index >= 15 is 0 Å². The Labute approximate surface area is 143 Å². The first kappa shape index (κ1) is 14.2. The molecule has 0 saturated carbocycles. The minimum Gasteiger partial charge on any atom is -0.256 e. The number of aromatic nitrogens is 1. The fourth-order valence-electron chi connectivity index (χ4n) is 2.92. The fraction of sp³-hybridized carbons (Fsp3) is 0. The van der Waals surface area contributed by atoms with E-state index in [4.69, 9.17) is 0 Å². The van der Waals surface area contributed by atoms with Gasteiger partial charge >= 0.3 is 0 Å². The van der Waals surface area contributed by atoms with E-state index in [2.05, 4.69) is 81.6 Å². The van der Waals surface area contributed by atoms with Gasteiger partial charge in [-0.2, -0.15) is 0 Å². The predicted octanol–water partition coefficient (Wildman–Crippen LogP) is 6.33. The maximum atomic E-state index is 4.66. The highest BCUT2D eigenvalue weighted by atomic mass is 79.9. The minimum absolute atomic E-state index is 1.01. The average Bonchev–Trinajstić information content (AvgIpc) is 2.62. The maximum Gasteiger partial charge on any atom is 0.0709 e. The number of hydrogen-bond acceptors (Lipinski definition) is 1. The summed E-state index contributed by atoms with van der Waals surface area (Å²) in [6.07, 6.45) is 1.98. The lowest BCUT2D eigenvalue weighted by Crippen LogP contribution is -1.90. The molecule has 0 spiro atoms. The summed E-state index contributed by atoms with van der Waals surface area (Å²) in [6.45, 7) is 0. The molecule has 2 heteroatoms. The molecule has 0 aliphatic carbocycles. The molecule has 0 atom stereocenters. The van der Waals surface area contributed by atoms with Crippen LogP contribution < -0.4 is 0 Å². The van der Waals surface area contributed by atoms with E-state index < -0.39 is 0 Å². The van der Waals surface area contributed by atoms with Crippen LogP contribution in [0.2, 0.25) is 0 Å². The van der Waals surface area contributed by atoms with Crippen molar-refractivity contribution in [2.24, 2.45) is 0 Å². The van der Waals surface area contributed by atoms with E-state index in [1.807, 2.05) is 24.4 Å². The van der Waals surface area contributed by atoms with Crippen molar-refractivity contribution in [3.05, 3.63) is 89.5 Å². The molecule has 1 aromatic heterocycles. The van der Waals surface area contributed by atoms with Crippen molar-refractivity contribution in [2.45, 2.75) is 0 Å². The van der Waals surface area contributed by atoms with Crippen LogP contribution in [0.25, 0.3) is 33.2 Å². The lowest BCUT2D eigenvalue weighted by molar-refractivity contribution is 1.40. The largest absolute Gasteiger partial charge is 0.256 e. The molecule has 0 amide bonds. The van der Waals surface area contributed by atoms with Gasteiger partial charge in [0, 0.05) is 27.2 Å². The third kappa shape index (κ3) is 2.66. The van der Waals surface area contributed by atoms with Crippen LogP contribution in [0.5, 0.6) is 0 Å². The molecule has 0 N–H and O–H groups in total. The van der Waals surface area contributed by atoms with Crippen LogP contribution in [0.3, 0.4) is 0 Å². The number of rotatable bonds is 2. The van der Waals surface area contributed by atoms with Crippen LogP contribution in [-0.4, -0.2) is 4.98 Å². The van der Waals surface area contributed by atoms with E-state index in [-0.39, 0.29) is 0 Å². The van der Waals surface area contributed by atoms with Crippen LogP contribution in [-0.2, 0) is 0 Å². The third-order valence-electron chi connectivity index (χ3n) is 3.98. The Morgan fingerprint density at radius 3 is 2.04 bits per heavy atom. The molecule has 4 aromatic rings. The van der Waals surface area contributed by atoms with E-state index in [1.165, 1.54) is 16.7 Å². The Morgan fingerprint density at radius 1 is 0.696 bits per heavy atom. The highest BCUT2D eigenvalue weighted by Gasteiger charge is 2.12. The molecule has 0 bridgehead atoms. The van der Waals surface area contributed by atoms with Gasteiger partial charge in [-0.1, -0.05) is 76.6 Å². The Hall–Kier alpha value is -2.45. The third-order valence-corrected chi connectivity index (χ3v) is 4.47. The first-order valence-electron chi connectivity index (χ1n) is 7.52. The molecular formula is C21H14BrN. The molecule has 0 saturated heterocycles. The molecule has 0 fully saturated rings. The molecule has 4 rings (SSSR count). The summed E-state index contributed by atoms with van der Waals surface area (Å²) < 4.78 is 1.06. The summed E-state index contributed by atoms with van der Waals surface area (Å²) in [5, 5.41) is 1.16. The number of pyridine rings is 1. The fourth-order valence-corrected chi connectivity index (χ4v) is 3.28. The number of benzene rings is 3. The Kier molecular flexibility index (Phi) is 3.68. The van der Waals surface area contributed by atoms with Gasteiger partial charge in [0.2, 0.25) is 0 Å². The monoisotopic (exact) mass is 359 g/mol. The van der Waals surface area contributed by atoms with Crippen molar-refractivity contribution >= 4 is 26.8 Å². The summed E-state index contributed by atoms with van der Waals surface area (Å²) in [7, 11) is 0. The number of fused-ring (bicyclic) bond motifs is 1. The van der Waals surface area contributed by atoms with Gasteiger partial charge in [-0.25, -0.2) is 0 Å². The standard InChI is InChI=1S/C21H14BrN/c22-17-11-12-20-18(13-17)21(16-9-5-2-6-10-16)19(14-23-20)15-7-3-1-4-8-15/h1-14H. The SMILES string of the molecule is Brc1ccc2ncc(-c3ccccc3)c(-c3ccccc3)c2c1. The Balaban J connectivity index is 2.11. The zero-order valence-corrected chi connectivity index (χ0v) is 14.0. The van der Waals surface area contributed by atoms with Crippen LogP contribution in [0, 0.1) is 0 Å². The van der Waals surface area contributed by atoms with Crippen molar-refractivity contribution in [2.75, 3.05) is 0 Å². The van der Waals surface area contributed by atoms with Crippen LogP contribution in [0.4, 0.5) is 0 Å². The zero-order chi connectivity index (χ0) is 15.6. The lowest BCUT2D eigenvalue weighted by Gasteiger charge is -2.13. The molecular weight excluding hydrogens is 346 g/mol. The predicted molar refractivity (Wildman–Crippen MR) is 100 cm³/mol. The van der Waals surface area contributed by atoms with Gasteiger partial charge in [-0.3, -0.25) is 4.98 Å². The second-order valence-corrected chi connectivity index (χ2v) is 6.36. The number of hydrogen-bond donors (Lipinski definition) is 0. The van der Waals surface area contributed by atoms with E-state index in [9.17, 15) is 0 Å². The van der Waals surface area contributed by atoms with Crippen LogP contribution >= 0.6 is 15.9 Å². The second kappa shape index (κ2) is 5.98. The van der Waals surface area contributed by atoms with E-state index in [0.29, 0.717) is 0 Å². The quantitative estimate of drug-likeness (QED) is 0.407. The normalized spacial score (nSPS) is 10.8. The highest BCUT2D eigenvalue weighted by molar-refractivity contribution is 9.10. The van der Waals surface area contributed by atoms with Gasteiger partial charge in [-0.05, 0) is 29.3 Å². The molecule has 1 nitrogen and oxygen atoms in total. The van der Waals surface area contributed by atoms with Crippen molar-refractivity contribution in [1.29, 1.82) is 0 Å².